The Labute approximate surface area is 151 Å². The van der Waals surface area contributed by atoms with Crippen molar-refractivity contribution in [2.24, 2.45) is 0 Å². The number of carbonyl (C=O) groups excluding carboxylic acids is 2. The van der Waals surface area contributed by atoms with Crippen LogP contribution in [0.15, 0.2) is 84.9 Å². The quantitative estimate of drug-likeness (QED) is 0.724. The van der Waals surface area contributed by atoms with Crippen molar-refractivity contribution in [3.8, 4) is 11.5 Å². The zero-order chi connectivity index (χ0) is 18.4. The number of rotatable bonds is 4. The first-order valence-electron chi connectivity index (χ1n) is 8.10. The minimum atomic E-state index is -0.701. The lowest BCUT2D eigenvalue weighted by Gasteiger charge is -2.16. The number of amides is 2. The molecule has 0 bridgehead atoms. The number of hydrogen-bond acceptors (Lipinski definition) is 3. The van der Waals surface area contributed by atoms with E-state index in [9.17, 15) is 9.59 Å². The second-order valence-corrected chi connectivity index (χ2v) is 5.59. The van der Waals surface area contributed by atoms with E-state index in [1.807, 2.05) is 48.5 Å². The molecule has 1 N–H and O–H groups in total. The van der Waals surface area contributed by atoms with E-state index in [0.29, 0.717) is 17.1 Å². The van der Waals surface area contributed by atoms with Crippen LogP contribution in [0.25, 0.3) is 0 Å². The molecule has 0 radical (unpaired) electrons. The average Bonchev–Trinajstić information content (AvgIpc) is 2.70. The number of nitrogens with zero attached hydrogens (tertiary/aromatic N) is 1. The van der Waals surface area contributed by atoms with Gasteiger partial charge >= 0.3 is 11.8 Å². The number of nitrogens with one attached hydrogen (secondary N) is 1. The molecule has 130 valence electrons. The Kier molecular flexibility index (Phi) is 5.29. The van der Waals surface area contributed by atoms with Crippen molar-refractivity contribution in [1.29, 1.82) is 0 Å². The molecular formula is C21H18N2O3. The minimum absolute atomic E-state index is 0.519. The first-order valence-corrected chi connectivity index (χ1v) is 8.10. The highest BCUT2D eigenvalue weighted by Crippen LogP contribution is 2.22. The van der Waals surface area contributed by atoms with E-state index >= 15 is 0 Å². The van der Waals surface area contributed by atoms with Gasteiger partial charge < -0.3 is 15.0 Å². The van der Waals surface area contributed by atoms with Crippen molar-refractivity contribution >= 4 is 23.2 Å². The van der Waals surface area contributed by atoms with Crippen LogP contribution in [0.4, 0.5) is 11.4 Å². The largest absolute Gasteiger partial charge is 0.457 e. The van der Waals surface area contributed by atoms with Gasteiger partial charge in [0.2, 0.25) is 0 Å². The molecule has 3 rings (SSSR count). The van der Waals surface area contributed by atoms with Crippen molar-refractivity contribution < 1.29 is 14.3 Å². The summed E-state index contributed by atoms with van der Waals surface area (Å²) in [5, 5.41) is 2.60. The summed E-state index contributed by atoms with van der Waals surface area (Å²) in [6, 6.07) is 25.2. The third-order valence-corrected chi connectivity index (χ3v) is 3.73. The maximum Gasteiger partial charge on any atom is 0.316 e. The van der Waals surface area contributed by atoms with E-state index in [1.54, 1.807) is 43.4 Å². The SMILES string of the molecule is CN(C(=O)C(=O)Nc1ccc(Oc2ccccc2)cc1)c1ccccc1. The maximum absolute atomic E-state index is 12.2. The summed E-state index contributed by atoms with van der Waals surface area (Å²) in [5.41, 5.74) is 1.17. The summed E-state index contributed by atoms with van der Waals surface area (Å²) in [7, 11) is 1.56. The predicted molar refractivity (Wildman–Crippen MR) is 101 cm³/mol. The maximum atomic E-state index is 12.2. The molecule has 0 aliphatic carbocycles. The Morgan fingerprint density at radius 2 is 1.31 bits per heavy atom. The highest BCUT2D eigenvalue weighted by Gasteiger charge is 2.19. The van der Waals surface area contributed by atoms with Gasteiger partial charge in [0, 0.05) is 18.4 Å². The fourth-order valence-corrected chi connectivity index (χ4v) is 2.34. The number of benzene rings is 3. The number of likely N-dealkylation sites (N-methyl/N-ethyl adjacent to an activating group) is 1. The molecule has 5 heteroatoms. The molecule has 3 aromatic rings. The minimum Gasteiger partial charge on any atom is -0.457 e. The molecule has 0 saturated carbocycles. The second kappa shape index (κ2) is 7.98. The molecule has 26 heavy (non-hydrogen) atoms. The van der Waals surface area contributed by atoms with E-state index in [1.165, 1.54) is 4.90 Å². The van der Waals surface area contributed by atoms with Crippen LogP contribution < -0.4 is 15.0 Å². The molecule has 0 spiro atoms. The number of carbonyl (C=O) groups is 2. The molecule has 0 saturated heterocycles. The van der Waals surface area contributed by atoms with Crippen molar-refractivity contribution in [3.63, 3.8) is 0 Å². The van der Waals surface area contributed by atoms with Gasteiger partial charge in [0.1, 0.15) is 11.5 Å². The molecule has 0 unspecified atom stereocenters. The van der Waals surface area contributed by atoms with Gasteiger partial charge in [0.25, 0.3) is 0 Å². The van der Waals surface area contributed by atoms with Crippen LogP contribution in [-0.2, 0) is 9.59 Å². The summed E-state index contributed by atoms with van der Waals surface area (Å²) in [5.74, 6) is 0.0276. The van der Waals surface area contributed by atoms with Crippen molar-refractivity contribution in [1.82, 2.24) is 0 Å². The van der Waals surface area contributed by atoms with Crippen molar-refractivity contribution in [3.05, 3.63) is 84.9 Å². The third-order valence-electron chi connectivity index (χ3n) is 3.73. The molecule has 0 aromatic heterocycles. The second-order valence-electron chi connectivity index (χ2n) is 5.59. The Bertz CT molecular complexity index is 878. The van der Waals surface area contributed by atoms with E-state index < -0.39 is 11.8 Å². The van der Waals surface area contributed by atoms with Gasteiger partial charge in [-0.25, -0.2) is 0 Å². The standard InChI is InChI=1S/C21H18N2O3/c1-23(17-8-4-2-5-9-17)21(25)20(24)22-16-12-14-19(15-13-16)26-18-10-6-3-7-11-18/h2-15H,1H3,(H,22,24). The topological polar surface area (TPSA) is 58.6 Å². The summed E-state index contributed by atoms with van der Waals surface area (Å²) in [4.78, 5) is 25.7. The monoisotopic (exact) mass is 346 g/mol. The highest BCUT2D eigenvalue weighted by molar-refractivity contribution is 6.44. The van der Waals surface area contributed by atoms with Gasteiger partial charge in [-0.1, -0.05) is 36.4 Å². The van der Waals surface area contributed by atoms with Crippen LogP contribution in [0, 0.1) is 0 Å². The molecule has 0 aliphatic rings. The molecule has 0 atom stereocenters. The normalized spacial score (nSPS) is 10.0. The van der Waals surface area contributed by atoms with Crippen molar-refractivity contribution in [2.45, 2.75) is 0 Å². The molecule has 2 amide bonds. The molecule has 0 aliphatic heterocycles. The van der Waals surface area contributed by atoms with E-state index in [-0.39, 0.29) is 0 Å². The molecule has 0 heterocycles. The first kappa shape index (κ1) is 17.2. The molecule has 0 fully saturated rings. The Balaban J connectivity index is 1.61. The van der Waals surface area contributed by atoms with Crippen LogP contribution in [0.2, 0.25) is 0 Å². The lowest BCUT2D eigenvalue weighted by atomic mass is 10.2. The van der Waals surface area contributed by atoms with Gasteiger partial charge in [-0.05, 0) is 48.5 Å². The lowest BCUT2D eigenvalue weighted by Crippen LogP contribution is -2.37. The fourth-order valence-electron chi connectivity index (χ4n) is 2.34. The van der Waals surface area contributed by atoms with Gasteiger partial charge in [0.05, 0.1) is 0 Å². The van der Waals surface area contributed by atoms with Gasteiger partial charge in [-0.15, -0.1) is 0 Å². The highest BCUT2D eigenvalue weighted by atomic mass is 16.5. The van der Waals surface area contributed by atoms with Crippen LogP contribution in [0.5, 0.6) is 11.5 Å². The summed E-state index contributed by atoms with van der Waals surface area (Å²) in [6.45, 7) is 0. The first-order chi connectivity index (χ1) is 12.6. The van der Waals surface area contributed by atoms with Crippen molar-refractivity contribution in [2.75, 3.05) is 17.3 Å². The van der Waals surface area contributed by atoms with Crippen LogP contribution >= 0.6 is 0 Å². The zero-order valence-electron chi connectivity index (χ0n) is 14.3. The lowest BCUT2D eigenvalue weighted by molar-refractivity contribution is -0.134. The summed E-state index contributed by atoms with van der Waals surface area (Å²) < 4.78 is 5.69. The van der Waals surface area contributed by atoms with E-state index in [4.69, 9.17) is 4.74 Å². The summed E-state index contributed by atoms with van der Waals surface area (Å²) >= 11 is 0. The smallest absolute Gasteiger partial charge is 0.316 e. The fraction of sp³-hybridized carbons (Fsp3) is 0.0476. The molecular weight excluding hydrogens is 328 g/mol. The summed E-state index contributed by atoms with van der Waals surface area (Å²) in [6.07, 6.45) is 0. The number of para-hydroxylation sites is 2. The molecule has 5 nitrogen and oxygen atoms in total. The van der Waals surface area contributed by atoms with Crippen LogP contribution in [-0.4, -0.2) is 18.9 Å². The van der Waals surface area contributed by atoms with Gasteiger partial charge in [-0.2, -0.15) is 0 Å². The number of hydrogen-bond donors (Lipinski definition) is 1. The number of anilines is 2. The van der Waals surface area contributed by atoms with E-state index in [2.05, 4.69) is 5.32 Å². The van der Waals surface area contributed by atoms with Crippen LogP contribution in [0.3, 0.4) is 0 Å². The Hall–Kier alpha value is -3.60. The molecule has 3 aromatic carbocycles. The third kappa shape index (κ3) is 4.27. The number of ether oxygens (including phenoxy) is 1. The average molecular weight is 346 g/mol. The Morgan fingerprint density at radius 3 is 1.92 bits per heavy atom. The predicted octanol–water partition coefficient (Wildman–Crippen LogP) is 4.08. The van der Waals surface area contributed by atoms with Crippen LogP contribution in [0.1, 0.15) is 0 Å². The van der Waals surface area contributed by atoms with Gasteiger partial charge in [-0.3, -0.25) is 9.59 Å². The Morgan fingerprint density at radius 1 is 0.769 bits per heavy atom. The van der Waals surface area contributed by atoms with Gasteiger partial charge in [0.15, 0.2) is 0 Å². The van der Waals surface area contributed by atoms with E-state index in [0.717, 1.165) is 5.75 Å². The zero-order valence-corrected chi connectivity index (χ0v) is 14.3.